The van der Waals surface area contributed by atoms with Gasteiger partial charge in [0, 0.05) is 19.3 Å². The first-order valence-electron chi connectivity index (χ1n) is 36.1. The molecule has 0 aliphatic carbocycles. The van der Waals surface area contributed by atoms with Gasteiger partial charge in [-0.3, -0.25) is 14.4 Å². The lowest BCUT2D eigenvalue weighted by Gasteiger charge is -2.18. The van der Waals surface area contributed by atoms with Crippen molar-refractivity contribution in [1.82, 2.24) is 0 Å². The van der Waals surface area contributed by atoms with Crippen LogP contribution >= 0.6 is 0 Å². The molecule has 0 heterocycles. The van der Waals surface area contributed by atoms with Crippen molar-refractivity contribution in [3.05, 3.63) is 48.6 Å². The summed E-state index contributed by atoms with van der Waals surface area (Å²) in [4.78, 5) is 38.2. The van der Waals surface area contributed by atoms with E-state index in [0.717, 1.165) is 77.0 Å². The molecule has 81 heavy (non-hydrogen) atoms. The predicted octanol–water partition coefficient (Wildman–Crippen LogP) is 24.9. The smallest absolute Gasteiger partial charge is 0.306 e. The maximum Gasteiger partial charge on any atom is 0.306 e. The molecule has 0 bridgehead atoms. The number of ether oxygens (including phenoxy) is 3. The van der Waals surface area contributed by atoms with E-state index in [2.05, 4.69) is 69.4 Å². The molecule has 1 atom stereocenters. The highest BCUT2D eigenvalue weighted by atomic mass is 16.6. The molecule has 0 aliphatic rings. The molecule has 6 nitrogen and oxygen atoms in total. The van der Waals surface area contributed by atoms with E-state index in [-0.39, 0.29) is 31.1 Å². The van der Waals surface area contributed by atoms with Crippen LogP contribution in [0.4, 0.5) is 0 Å². The second kappa shape index (κ2) is 69.9. The van der Waals surface area contributed by atoms with Gasteiger partial charge in [0.05, 0.1) is 0 Å². The summed E-state index contributed by atoms with van der Waals surface area (Å²) in [5, 5.41) is 0. The van der Waals surface area contributed by atoms with Gasteiger partial charge >= 0.3 is 17.9 Å². The molecule has 0 aromatic rings. The van der Waals surface area contributed by atoms with Crippen molar-refractivity contribution in [2.24, 2.45) is 0 Å². The fraction of sp³-hybridized carbons (Fsp3) is 0.853. The highest BCUT2D eigenvalue weighted by molar-refractivity contribution is 5.71. The van der Waals surface area contributed by atoms with Crippen molar-refractivity contribution < 1.29 is 28.6 Å². The van der Waals surface area contributed by atoms with Gasteiger partial charge in [-0.1, -0.05) is 339 Å². The zero-order valence-corrected chi connectivity index (χ0v) is 54.6. The predicted molar refractivity (Wildman–Crippen MR) is 353 cm³/mol. The molecule has 0 spiro atoms. The van der Waals surface area contributed by atoms with Crippen LogP contribution in [0.1, 0.15) is 393 Å². The molecule has 0 aliphatic heterocycles. The van der Waals surface area contributed by atoms with E-state index in [1.54, 1.807) is 0 Å². The highest BCUT2D eigenvalue weighted by Gasteiger charge is 2.19. The summed E-state index contributed by atoms with van der Waals surface area (Å²) in [6.45, 7) is 6.64. The van der Waals surface area contributed by atoms with E-state index in [4.69, 9.17) is 14.2 Å². The van der Waals surface area contributed by atoms with Crippen molar-refractivity contribution >= 4 is 17.9 Å². The number of carbonyl (C=O) groups is 3. The van der Waals surface area contributed by atoms with E-state index in [1.807, 2.05) is 0 Å². The average Bonchev–Trinajstić information content (AvgIpc) is 3.46. The summed E-state index contributed by atoms with van der Waals surface area (Å²) in [6, 6.07) is 0. The van der Waals surface area contributed by atoms with Crippen molar-refractivity contribution in [3.63, 3.8) is 0 Å². The zero-order chi connectivity index (χ0) is 58.5. The Morgan fingerprint density at radius 3 is 0.704 bits per heavy atom. The van der Waals surface area contributed by atoms with Crippen LogP contribution in [0.5, 0.6) is 0 Å². The number of unbranched alkanes of at least 4 members (excludes halogenated alkanes) is 48. The third-order valence-corrected chi connectivity index (χ3v) is 16.3. The van der Waals surface area contributed by atoms with E-state index in [0.29, 0.717) is 19.3 Å². The van der Waals surface area contributed by atoms with Gasteiger partial charge in [-0.15, -0.1) is 0 Å². The Balaban J connectivity index is 4.00. The van der Waals surface area contributed by atoms with Gasteiger partial charge in [-0.25, -0.2) is 0 Å². The van der Waals surface area contributed by atoms with Gasteiger partial charge in [0.2, 0.25) is 0 Å². The number of hydrogen-bond acceptors (Lipinski definition) is 6. The lowest BCUT2D eigenvalue weighted by molar-refractivity contribution is -0.167. The number of carbonyl (C=O) groups excluding carboxylic acids is 3. The van der Waals surface area contributed by atoms with Crippen LogP contribution in [0, 0.1) is 0 Å². The largest absolute Gasteiger partial charge is 0.462 e. The summed E-state index contributed by atoms with van der Waals surface area (Å²) in [6.07, 6.45) is 89.0. The lowest BCUT2D eigenvalue weighted by atomic mass is 10.0. The lowest BCUT2D eigenvalue weighted by Crippen LogP contribution is -2.30. The van der Waals surface area contributed by atoms with Crippen LogP contribution in [0.2, 0.25) is 0 Å². The molecule has 0 aromatic heterocycles. The molecule has 0 fully saturated rings. The van der Waals surface area contributed by atoms with Crippen molar-refractivity contribution in [1.29, 1.82) is 0 Å². The molecule has 0 saturated carbocycles. The summed E-state index contributed by atoms with van der Waals surface area (Å²) in [5.41, 5.74) is 0. The van der Waals surface area contributed by atoms with Gasteiger partial charge in [-0.2, -0.15) is 0 Å². The minimum Gasteiger partial charge on any atom is -0.462 e. The van der Waals surface area contributed by atoms with E-state index >= 15 is 0 Å². The van der Waals surface area contributed by atoms with Crippen LogP contribution in [0.15, 0.2) is 48.6 Å². The Morgan fingerprint density at radius 1 is 0.247 bits per heavy atom. The van der Waals surface area contributed by atoms with Gasteiger partial charge in [-0.05, 0) is 83.5 Å². The maximum atomic E-state index is 12.9. The van der Waals surface area contributed by atoms with Crippen LogP contribution in [-0.4, -0.2) is 37.2 Å². The fourth-order valence-electron chi connectivity index (χ4n) is 10.9. The molecule has 1 unspecified atom stereocenters. The molecule has 6 heteroatoms. The minimum absolute atomic E-state index is 0.0718. The summed E-state index contributed by atoms with van der Waals surface area (Å²) < 4.78 is 16.9. The topological polar surface area (TPSA) is 78.9 Å². The molecule has 0 aromatic carbocycles. The molecule has 0 N–H and O–H groups in total. The Bertz CT molecular complexity index is 1400. The third-order valence-electron chi connectivity index (χ3n) is 16.3. The minimum atomic E-state index is -0.774. The number of hydrogen-bond donors (Lipinski definition) is 0. The first-order chi connectivity index (χ1) is 40.0. The summed E-state index contributed by atoms with van der Waals surface area (Å²) in [5.74, 6) is -0.863. The normalized spacial score (nSPS) is 12.3. The molecule has 0 radical (unpaired) electrons. The number of rotatable bonds is 67. The Kier molecular flexibility index (Phi) is 67.6. The second-order valence-corrected chi connectivity index (χ2v) is 24.5. The van der Waals surface area contributed by atoms with Crippen LogP contribution in [0.25, 0.3) is 0 Å². The fourth-order valence-corrected chi connectivity index (χ4v) is 10.9. The van der Waals surface area contributed by atoms with Crippen molar-refractivity contribution in [3.8, 4) is 0 Å². The summed E-state index contributed by atoms with van der Waals surface area (Å²) >= 11 is 0. The molecular formula is C75H138O6. The molecular weight excluding hydrogens is 997 g/mol. The molecule has 0 amide bonds. The Morgan fingerprint density at radius 2 is 0.444 bits per heavy atom. The quantitative estimate of drug-likeness (QED) is 0.0261. The van der Waals surface area contributed by atoms with E-state index in [9.17, 15) is 14.4 Å². The van der Waals surface area contributed by atoms with E-state index < -0.39 is 6.10 Å². The van der Waals surface area contributed by atoms with Crippen LogP contribution < -0.4 is 0 Å². The monoisotopic (exact) mass is 1140 g/mol. The molecule has 0 saturated heterocycles. The standard InChI is InChI=1S/C75H138O6/c1-4-7-10-13-16-18-20-22-24-26-28-30-32-33-34-35-36-37-38-39-40-41-43-44-46-48-50-52-54-56-59-62-65-68-74(77)80-71-72(70-79-73(76)67-64-61-58-15-12-9-6-3)81-75(78)69-66-63-60-57-55-53-51-49-47-45-42-31-29-27-25-23-21-19-17-14-11-8-5-2/h21,23,26-29,42,45,72H,4-20,22,24-25,30-41,43-44,46-71H2,1-3H3/b23-21-,28-26-,29-27-,45-42-. The Labute approximate surface area is 505 Å². The van der Waals surface area contributed by atoms with Gasteiger partial charge in [0.25, 0.3) is 0 Å². The first kappa shape index (κ1) is 78.4. The average molecular weight is 1140 g/mol. The van der Waals surface area contributed by atoms with Gasteiger partial charge < -0.3 is 14.2 Å². The SMILES string of the molecule is CCCCCCC/C=C\C/C=C\C/C=C\CCCCCCCCCCC(=O)OC(COC(=O)CCCCCCCCC)COC(=O)CCCCCCCCCCCCCCCCCCCCCCC/C=C\CCCCCCCCCC. The van der Waals surface area contributed by atoms with Crippen LogP contribution in [0.3, 0.4) is 0 Å². The van der Waals surface area contributed by atoms with Gasteiger partial charge in [0.1, 0.15) is 13.2 Å². The maximum absolute atomic E-state index is 12.9. The number of esters is 3. The second-order valence-electron chi connectivity index (χ2n) is 24.5. The highest BCUT2D eigenvalue weighted by Crippen LogP contribution is 2.18. The summed E-state index contributed by atoms with van der Waals surface area (Å²) in [7, 11) is 0. The van der Waals surface area contributed by atoms with Crippen LogP contribution in [-0.2, 0) is 28.6 Å². The first-order valence-corrected chi connectivity index (χ1v) is 36.1. The van der Waals surface area contributed by atoms with Gasteiger partial charge in [0.15, 0.2) is 6.10 Å². The molecule has 474 valence electrons. The molecule has 0 rings (SSSR count). The van der Waals surface area contributed by atoms with Crippen molar-refractivity contribution in [2.45, 2.75) is 399 Å². The van der Waals surface area contributed by atoms with E-state index in [1.165, 1.54) is 276 Å². The zero-order valence-electron chi connectivity index (χ0n) is 54.6. The number of allylic oxidation sites excluding steroid dienone is 8. The Hall–Kier alpha value is -2.63. The van der Waals surface area contributed by atoms with Crippen molar-refractivity contribution in [2.75, 3.05) is 13.2 Å². The third kappa shape index (κ3) is 68.0.